The van der Waals surface area contributed by atoms with Crippen molar-refractivity contribution in [1.29, 1.82) is 0 Å². The standard InChI is InChI=1S/C19H35N5OS/c1-6-20-18(22-15-19(2,3)23(4)5)21-14-16(17-8-7-13-26-17)24-9-11-25-12-10-24/h7-8,13,16H,6,9-12,14-15H2,1-5H3,(H2,20,21,22). The number of rotatable bonds is 8. The van der Waals surface area contributed by atoms with Crippen molar-refractivity contribution in [3.8, 4) is 0 Å². The molecule has 1 unspecified atom stereocenters. The van der Waals surface area contributed by atoms with Crippen LogP contribution in [0.4, 0.5) is 0 Å². The maximum Gasteiger partial charge on any atom is 0.191 e. The number of nitrogens with zero attached hydrogens (tertiary/aromatic N) is 3. The van der Waals surface area contributed by atoms with Gasteiger partial charge in [0.15, 0.2) is 5.96 Å². The SMILES string of the molecule is CCNC(=NCC(C)(C)N(C)C)NCC(c1cccs1)N1CCOCC1. The lowest BCUT2D eigenvalue weighted by Gasteiger charge is -2.34. The Balaban J connectivity index is 2.03. The largest absolute Gasteiger partial charge is 0.379 e. The summed E-state index contributed by atoms with van der Waals surface area (Å²) < 4.78 is 5.53. The smallest absolute Gasteiger partial charge is 0.191 e. The molecule has 1 fully saturated rings. The topological polar surface area (TPSA) is 52.1 Å². The molecule has 1 aliphatic heterocycles. The van der Waals surface area contributed by atoms with Gasteiger partial charge in [0.1, 0.15) is 0 Å². The zero-order valence-corrected chi connectivity index (χ0v) is 17.7. The molecular weight excluding hydrogens is 346 g/mol. The zero-order chi connectivity index (χ0) is 19.0. The van der Waals surface area contributed by atoms with Crippen LogP contribution in [0.2, 0.25) is 0 Å². The summed E-state index contributed by atoms with van der Waals surface area (Å²) in [5.74, 6) is 0.886. The third kappa shape index (κ3) is 6.23. The van der Waals surface area contributed by atoms with Crippen LogP contribution in [0.15, 0.2) is 22.5 Å². The number of thiophene rings is 1. The lowest BCUT2D eigenvalue weighted by Crippen LogP contribution is -2.47. The van der Waals surface area contributed by atoms with E-state index in [1.165, 1.54) is 4.88 Å². The van der Waals surface area contributed by atoms with Gasteiger partial charge in [0.05, 0.1) is 25.8 Å². The molecule has 1 atom stereocenters. The average Bonchev–Trinajstić information content (AvgIpc) is 3.15. The minimum Gasteiger partial charge on any atom is -0.379 e. The lowest BCUT2D eigenvalue weighted by atomic mass is 10.1. The number of aliphatic imine (C=N–C) groups is 1. The van der Waals surface area contributed by atoms with E-state index in [1.807, 2.05) is 11.3 Å². The summed E-state index contributed by atoms with van der Waals surface area (Å²) in [7, 11) is 4.20. The van der Waals surface area contributed by atoms with Gasteiger partial charge in [0.2, 0.25) is 0 Å². The summed E-state index contributed by atoms with van der Waals surface area (Å²) in [6, 6.07) is 4.71. The first kappa shape index (κ1) is 21.2. The van der Waals surface area contributed by atoms with Gasteiger partial charge in [-0.3, -0.25) is 9.89 Å². The van der Waals surface area contributed by atoms with Crippen LogP contribution in [0, 0.1) is 0 Å². The fourth-order valence-electron chi connectivity index (χ4n) is 2.73. The summed E-state index contributed by atoms with van der Waals surface area (Å²) in [6.45, 7) is 12.6. The van der Waals surface area contributed by atoms with E-state index in [9.17, 15) is 0 Å². The number of morpholine rings is 1. The molecule has 1 aromatic rings. The Morgan fingerprint density at radius 1 is 1.35 bits per heavy atom. The average molecular weight is 382 g/mol. The molecule has 0 aliphatic carbocycles. The number of nitrogens with one attached hydrogen (secondary N) is 2. The van der Waals surface area contributed by atoms with Crippen LogP contribution >= 0.6 is 11.3 Å². The molecule has 1 saturated heterocycles. The Hall–Kier alpha value is -1.15. The van der Waals surface area contributed by atoms with Crippen molar-refractivity contribution in [2.45, 2.75) is 32.4 Å². The first-order valence-corrected chi connectivity index (χ1v) is 10.4. The van der Waals surface area contributed by atoms with Crippen LogP contribution in [-0.4, -0.2) is 81.3 Å². The molecule has 26 heavy (non-hydrogen) atoms. The maximum absolute atomic E-state index is 5.53. The monoisotopic (exact) mass is 381 g/mol. The molecule has 2 rings (SSSR count). The van der Waals surface area contributed by atoms with Crippen LogP contribution in [0.1, 0.15) is 31.7 Å². The van der Waals surface area contributed by atoms with Gasteiger partial charge < -0.3 is 20.3 Å². The molecule has 0 radical (unpaired) electrons. The second-order valence-electron chi connectivity index (χ2n) is 7.46. The molecule has 2 N–H and O–H groups in total. The second kappa shape index (κ2) is 10.3. The Morgan fingerprint density at radius 2 is 2.08 bits per heavy atom. The van der Waals surface area contributed by atoms with E-state index in [2.05, 4.69) is 72.8 Å². The van der Waals surface area contributed by atoms with Gasteiger partial charge >= 0.3 is 0 Å². The summed E-state index contributed by atoms with van der Waals surface area (Å²) in [5, 5.41) is 9.10. The minimum absolute atomic E-state index is 0.0275. The fourth-order valence-corrected chi connectivity index (χ4v) is 3.59. The van der Waals surface area contributed by atoms with E-state index >= 15 is 0 Å². The van der Waals surface area contributed by atoms with E-state index in [4.69, 9.17) is 9.73 Å². The van der Waals surface area contributed by atoms with E-state index in [0.717, 1.165) is 51.9 Å². The highest BCUT2D eigenvalue weighted by molar-refractivity contribution is 7.10. The first-order valence-electron chi connectivity index (χ1n) is 9.49. The third-order valence-electron chi connectivity index (χ3n) is 5.00. The molecule has 0 spiro atoms. The normalized spacial score (nSPS) is 18.2. The Labute approximate surface area is 162 Å². The highest BCUT2D eigenvalue weighted by Gasteiger charge is 2.24. The van der Waals surface area contributed by atoms with Crippen molar-refractivity contribution >= 4 is 17.3 Å². The zero-order valence-electron chi connectivity index (χ0n) is 16.9. The molecular formula is C19H35N5OS. The van der Waals surface area contributed by atoms with E-state index in [0.29, 0.717) is 6.04 Å². The summed E-state index contributed by atoms with van der Waals surface area (Å²) >= 11 is 1.82. The number of likely N-dealkylation sites (N-methyl/N-ethyl adjacent to an activating group) is 1. The van der Waals surface area contributed by atoms with Crippen molar-refractivity contribution < 1.29 is 4.74 Å². The Kier molecular flexibility index (Phi) is 8.34. The van der Waals surface area contributed by atoms with Gasteiger partial charge in [-0.2, -0.15) is 0 Å². The number of hydrogen-bond acceptors (Lipinski definition) is 5. The molecule has 2 heterocycles. The van der Waals surface area contributed by atoms with Gasteiger partial charge in [-0.1, -0.05) is 6.07 Å². The van der Waals surface area contributed by atoms with Crippen molar-refractivity contribution in [2.24, 2.45) is 4.99 Å². The van der Waals surface area contributed by atoms with Gasteiger partial charge in [0.25, 0.3) is 0 Å². The number of hydrogen-bond donors (Lipinski definition) is 2. The quantitative estimate of drug-likeness (QED) is 0.533. The summed E-state index contributed by atoms with van der Waals surface area (Å²) in [4.78, 5) is 10.9. The highest BCUT2D eigenvalue weighted by Crippen LogP contribution is 2.25. The molecule has 148 valence electrons. The summed E-state index contributed by atoms with van der Waals surface area (Å²) in [5.41, 5.74) is 0.0275. The number of guanidine groups is 1. The third-order valence-corrected chi connectivity index (χ3v) is 5.97. The van der Waals surface area contributed by atoms with Crippen LogP contribution in [0.3, 0.4) is 0 Å². The van der Waals surface area contributed by atoms with Crippen molar-refractivity contribution in [2.75, 3.05) is 60.0 Å². The van der Waals surface area contributed by atoms with Crippen molar-refractivity contribution in [1.82, 2.24) is 20.4 Å². The minimum atomic E-state index is 0.0275. The van der Waals surface area contributed by atoms with Gasteiger partial charge in [-0.15, -0.1) is 11.3 Å². The Morgan fingerprint density at radius 3 is 2.65 bits per heavy atom. The summed E-state index contributed by atoms with van der Waals surface area (Å²) in [6.07, 6.45) is 0. The molecule has 0 saturated carbocycles. The molecule has 1 aromatic heterocycles. The number of ether oxygens (including phenoxy) is 1. The first-order chi connectivity index (χ1) is 12.4. The molecule has 0 aromatic carbocycles. The molecule has 0 bridgehead atoms. The highest BCUT2D eigenvalue weighted by atomic mass is 32.1. The van der Waals surface area contributed by atoms with Crippen LogP contribution in [0.5, 0.6) is 0 Å². The molecule has 0 amide bonds. The van der Waals surface area contributed by atoms with Gasteiger partial charge in [-0.05, 0) is 46.3 Å². The van der Waals surface area contributed by atoms with Crippen LogP contribution < -0.4 is 10.6 Å². The van der Waals surface area contributed by atoms with Crippen LogP contribution in [0.25, 0.3) is 0 Å². The van der Waals surface area contributed by atoms with Gasteiger partial charge in [0, 0.05) is 36.6 Å². The predicted octanol–water partition coefficient (Wildman–Crippen LogP) is 2.02. The van der Waals surface area contributed by atoms with Crippen molar-refractivity contribution in [3.05, 3.63) is 22.4 Å². The van der Waals surface area contributed by atoms with E-state index < -0.39 is 0 Å². The maximum atomic E-state index is 5.53. The molecule has 6 nitrogen and oxygen atoms in total. The van der Waals surface area contributed by atoms with E-state index in [1.54, 1.807) is 0 Å². The molecule has 1 aliphatic rings. The van der Waals surface area contributed by atoms with Crippen molar-refractivity contribution in [3.63, 3.8) is 0 Å². The fraction of sp³-hybridized carbons (Fsp3) is 0.737. The van der Waals surface area contributed by atoms with E-state index in [-0.39, 0.29) is 5.54 Å². The Bertz CT molecular complexity index is 538. The predicted molar refractivity (Wildman–Crippen MR) is 111 cm³/mol. The lowest BCUT2D eigenvalue weighted by molar-refractivity contribution is 0.0177. The molecule has 7 heteroatoms. The van der Waals surface area contributed by atoms with Crippen LogP contribution in [-0.2, 0) is 4.74 Å². The second-order valence-corrected chi connectivity index (χ2v) is 8.44. The van der Waals surface area contributed by atoms with Gasteiger partial charge in [-0.25, -0.2) is 0 Å².